The van der Waals surface area contributed by atoms with Crippen molar-refractivity contribution >= 4 is 33.5 Å². The summed E-state index contributed by atoms with van der Waals surface area (Å²) < 4.78 is 2.94. The predicted octanol–water partition coefficient (Wildman–Crippen LogP) is 4.70. The Morgan fingerprint density at radius 2 is 1.74 bits per heavy atom. The minimum absolute atomic E-state index is 0.869. The number of hydrogen-bond donors (Lipinski definition) is 0. The Morgan fingerprint density at radius 3 is 2.39 bits per heavy atom. The van der Waals surface area contributed by atoms with E-state index in [0.29, 0.717) is 0 Å². The van der Waals surface area contributed by atoms with Gasteiger partial charge in [-0.1, -0.05) is 57.9 Å². The maximum absolute atomic E-state index is 4.63. The topological polar surface area (TPSA) is 29.6 Å². The van der Waals surface area contributed by atoms with Gasteiger partial charge in [0.15, 0.2) is 0 Å². The summed E-state index contributed by atoms with van der Waals surface area (Å²) in [5.41, 5.74) is 4.47. The fourth-order valence-electron chi connectivity index (χ4n) is 2.16. The summed E-state index contributed by atoms with van der Waals surface area (Å²) in [6.45, 7) is 2.09. The normalized spacial score (nSPS) is 12.2. The highest BCUT2D eigenvalue weighted by Gasteiger charge is 2.06. The second-order valence-corrected chi connectivity index (χ2v) is 6.85. The molecule has 23 heavy (non-hydrogen) atoms. The van der Waals surface area contributed by atoms with Crippen LogP contribution in [0.2, 0.25) is 0 Å². The van der Waals surface area contributed by atoms with Crippen LogP contribution in [0.1, 0.15) is 11.1 Å². The van der Waals surface area contributed by atoms with Gasteiger partial charge in [0, 0.05) is 22.5 Å². The Bertz CT molecular complexity index is 887. The molecule has 3 nitrogen and oxygen atoms in total. The summed E-state index contributed by atoms with van der Waals surface area (Å²) >= 11 is 5.03. The predicted molar refractivity (Wildman–Crippen MR) is 101 cm³/mol. The molecule has 3 aromatic rings. The fourth-order valence-corrected chi connectivity index (χ4v) is 3.23. The summed E-state index contributed by atoms with van der Waals surface area (Å²) in [6.07, 6.45) is 1.85. The van der Waals surface area contributed by atoms with Gasteiger partial charge in [0.25, 0.3) is 0 Å². The van der Waals surface area contributed by atoms with Crippen LogP contribution in [-0.2, 0) is 0 Å². The van der Waals surface area contributed by atoms with Crippen LogP contribution in [0.4, 0.5) is 0 Å². The minimum Gasteiger partial charge on any atom is -0.261 e. The maximum Gasteiger partial charge on any atom is 0.205 e. The van der Waals surface area contributed by atoms with Gasteiger partial charge in [-0.05, 0) is 24.6 Å². The lowest BCUT2D eigenvalue weighted by molar-refractivity contribution is 0.848. The molecule has 0 aliphatic heterocycles. The highest BCUT2D eigenvalue weighted by atomic mass is 79.9. The number of aryl methyl sites for hydroxylation is 1. The molecule has 5 heteroatoms. The molecule has 0 unspecified atom stereocenters. The average molecular weight is 386 g/mol. The van der Waals surface area contributed by atoms with E-state index in [4.69, 9.17) is 0 Å². The Kier molecular flexibility index (Phi) is 4.88. The van der Waals surface area contributed by atoms with Crippen LogP contribution in [0.25, 0.3) is 11.3 Å². The molecular formula is C18H16BrN3S. The number of aromatic nitrogens is 1. The number of hydrogen-bond acceptors (Lipinski definition) is 3. The van der Waals surface area contributed by atoms with E-state index in [0.717, 1.165) is 26.1 Å². The zero-order valence-corrected chi connectivity index (χ0v) is 15.3. The number of nitrogens with zero attached hydrogens (tertiary/aromatic N) is 3. The smallest absolute Gasteiger partial charge is 0.205 e. The molecule has 2 aromatic carbocycles. The molecule has 0 radical (unpaired) electrons. The van der Waals surface area contributed by atoms with Crippen molar-refractivity contribution in [1.82, 2.24) is 4.68 Å². The van der Waals surface area contributed by atoms with E-state index >= 15 is 0 Å². The van der Waals surface area contributed by atoms with Gasteiger partial charge in [0.1, 0.15) is 0 Å². The summed E-state index contributed by atoms with van der Waals surface area (Å²) in [4.78, 5) is 5.19. The highest BCUT2D eigenvalue weighted by molar-refractivity contribution is 9.10. The monoisotopic (exact) mass is 385 g/mol. The third kappa shape index (κ3) is 3.68. The molecule has 1 aromatic heterocycles. The molecule has 0 aliphatic carbocycles. The first-order valence-electron chi connectivity index (χ1n) is 7.18. The van der Waals surface area contributed by atoms with Crippen molar-refractivity contribution in [3.05, 3.63) is 74.3 Å². The van der Waals surface area contributed by atoms with Gasteiger partial charge in [-0.3, -0.25) is 4.99 Å². The molecular weight excluding hydrogens is 370 g/mol. The van der Waals surface area contributed by atoms with Crippen molar-refractivity contribution in [1.29, 1.82) is 0 Å². The largest absolute Gasteiger partial charge is 0.261 e. The van der Waals surface area contributed by atoms with Crippen molar-refractivity contribution in [2.45, 2.75) is 6.92 Å². The van der Waals surface area contributed by atoms with Gasteiger partial charge < -0.3 is 0 Å². The third-order valence-electron chi connectivity index (χ3n) is 3.42. The van der Waals surface area contributed by atoms with Crippen LogP contribution in [0.3, 0.4) is 0 Å². The highest BCUT2D eigenvalue weighted by Crippen LogP contribution is 2.20. The van der Waals surface area contributed by atoms with Crippen LogP contribution in [-0.4, -0.2) is 17.9 Å². The zero-order valence-electron chi connectivity index (χ0n) is 12.9. The van der Waals surface area contributed by atoms with E-state index in [1.165, 1.54) is 5.56 Å². The van der Waals surface area contributed by atoms with Gasteiger partial charge in [-0.15, -0.1) is 11.3 Å². The summed E-state index contributed by atoms with van der Waals surface area (Å²) in [5, 5.41) is 6.72. The van der Waals surface area contributed by atoms with Gasteiger partial charge in [-0.2, -0.15) is 5.10 Å². The third-order valence-corrected chi connectivity index (χ3v) is 4.85. The quantitative estimate of drug-likeness (QED) is 0.584. The lowest BCUT2D eigenvalue weighted by atomic mass is 10.1. The molecule has 0 spiro atoms. The van der Waals surface area contributed by atoms with Crippen molar-refractivity contribution in [2.24, 2.45) is 10.1 Å². The van der Waals surface area contributed by atoms with Crippen LogP contribution in [0.15, 0.2) is 68.5 Å². The lowest BCUT2D eigenvalue weighted by Gasteiger charge is -2.04. The van der Waals surface area contributed by atoms with E-state index in [1.54, 1.807) is 18.4 Å². The molecule has 0 bridgehead atoms. The Morgan fingerprint density at radius 1 is 1.04 bits per heavy atom. The van der Waals surface area contributed by atoms with Crippen molar-refractivity contribution in [2.75, 3.05) is 7.05 Å². The Hall–Kier alpha value is -1.98. The van der Waals surface area contributed by atoms with E-state index in [2.05, 4.69) is 62.6 Å². The summed E-state index contributed by atoms with van der Waals surface area (Å²) in [5.74, 6) is 0. The van der Waals surface area contributed by atoms with E-state index in [1.807, 2.05) is 35.2 Å². The molecule has 0 amide bonds. The standard InChI is InChI=1S/C18H16BrN3S/c1-13-3-7-15(8-4-13)17-12-23-18(20-2)22(17)21-11-14-5-9-16(19)10-6-14/h3-12H,1-2H3/b20-18?,21-11-. The molecule has 0 fully saturated rings. The number of halogens is 1. The second kappa shape index (κ2) is 7.06. The molecule has 0 aliphatic rings. The van der Waals surface area contributed by atoms with E-state index < -0.39 is 0 Å². The Labute approximate surface area is 147 Å². The Balaban J connectivity index is 2.02. The molecule has 0 saturated carbocycles. The van der Waals surface area contributed by atoms with Crippen LogP contribution >= 0.6 is 27.3 Å². The first-order valence-corrected chi connectivity index (χ1v) is 8.85. The summed E-state index contributed by atoms with van der Waals surface area (Å²) in [6, 6.07) is 16.5. The average Bonchev–Trinajstić information content (AvgIpc) is 2.98. The van der Waals surface area contributed by atoms with Crippen molar-refractivity contribution in [3.63, 3.8) is 0 Å². The zero-order chi connectivity index (χ0) is 16.2. The van der Waals surface area contributed by atoms with Crippen molar-refractivity contribution < 1.29 is 0 Å². The molecule has 116 valence electrons. The molecule has 0 saturated heterocycles. The first-order chi connectivity index (χ1) is 11.2. The molecule has 3 rings (SSSR count). The lowest BCUT2D eigenvalue weighted by Crippen LogP contribution is -2.11. The van der Waals surface area contributed by atoms with Crippen LogP contribution < -0.4 is 4.80 Å². The van der Waals surface area contributed by atoms with Gasteiger partial charge in [0.05, 0.1) is 11.9 Å². The molecule has 0 atom stereocenters. The molecule has 0 N–H and O–H groups in total. The summed E-state index contributed by atoms with van der Waals surface area (Å²) in [7, 11) is 1.79. The second-order valence-electron chi connectivity index (χ2n) is 5.10. The number of thiazole rings is 1. The first kappa shape index (κ1) is 15.9. The van der Waals surface area contributed by atoms with Gasteiger partial charge >= 0.3 is 0 Å². The van der Waals surface area contributed by atoms with Gasteiger partial charge in [-0.25, -0.2) is 4.68 Å². The van der Waals surface area contributed by atoms with E-state index in [-0.39, 0.29) is 0 Å². The molecule has 1 heterocycles. The van der Waals surface area contributed by atoms with Crippen LogP contribution in [0.5, 0.6) is 0 Å². The minimum atomic E-state index is 0.869. The fraction of sp³-hybridized carbons (Fsp3) is 0.111. The van der Waals surface area contributed by atoms with Crippen LogP contribution in [0, 0.1) is 6.92 Å². The van der Waals surface area contributed by atoms with Gasteiger partial charge in [0.2, 0.25) is 4.80 Å². The van der Waals surface area contributed by atoms with E-state index in [9.17, 15) is 0 Å². The van der Waals surface area contributed by atoms with Crippen molar-refractivity contribution in [3.8, 4) is 11.3 Å². The number of benzene rings is 2. The number of rotatable bonds is 3. The SMILES string of the molecule is CN=c1scc(-c2ccc(C)cc2)n1/N=C\c1ccc(Br)cc1. The maximum atomic E-state index is 4.63.